The number of nitrogens with zero attached hydrogens (tertiary/aromatic N) is 3. The number of rotatable bonds is 1. The molecule has 0 spiro atoms. The molecular formula is C14H9N3O. The third kappa shape index (κ3) is 1.32. The molecule has 0 fully saturated rings. The van der Waals surface area contributed by atoms with Gasteiger partial charge in [-0.25, -0.2) is 4.98 Å². The van der Waals surface area contributed by atoms with Crippen LogP contribution in [0, 0.1) is 0 Å². The Kier molecular flexibility index (Phi) is 1.80. The second kappa shape index (κ2) is 3.43. The van der Waals surface area contributed by atoms with Crippen molar-refractivity contribution >= 4 is 16.6 Å². The van der Waals surface area contributed by atoms with Crippen molar-refractivity contribution in [2.45, 2.75) is 0 Å². The van der Waals surface area contributed by atoms with Crippen molar-refractivity contribution in [3.05, 3.63) is 55.1 Å². The minimum absolute atomic E-state index is 0.778. The maximum Gasteiger partial charge on any atom is 0.156 e. The van der Waals surface area contributed by atoms with Crippen molar-refractivity contribution in [3.63, 3.8) is 0 Å². The van der Waals surface area contributed by atoms with Gasteiger partial charge < -0.3 is 8.82 Å². The van der Waals surface area contributed by atoms with Crippen molar-refractivity contribution in [3.8, 4) is 11.5 Å². The van der Waals surface area contributed by atoms with E-state index in [-0.39, 0.29) is 0 Å². The van der Waals surface area contributed by atoms with Gasteiger partial charge in [0.05, 0.1) is 6.20 Å². The summed E-state index contributed by atoms with van der Waals surface area (Å²) in [4.78, 5) is 8.53. The van der Waals surface area contributed by atoms with Gasteiger partial charge in [-0.3, -0.25) is 4.98 Å². The molecule has 3 heterocycles. The first kappa shape index (κ1) is 9.41. The van der Waals surface area contributed by atoms with E-state index in [0.717, 1.165) is 28.1 Å². The summed E-state index contributed by atoms with van der Waals surface area (Å²) < 4.78 is 7.71. The molecule has 0 aliphatic heterocycles. The van der Waals surface area contributed by atoms with Crippen molar-refractivity contribution in [1.82, 2.24) is 14.4 Å². The van der Waals surface area contributed by atoms with Crippen LogP contribution in [0.4, 0.5) is 0 Å². The Bertz CT molecular complexity index is 706. The van der Waals surface area contributed by atoms with Crippen LogP contribution in [0.1, 0.15) is 0 Å². The van der Waals surface area contributed by atoms with Gasteiger partial charge in [0.15, 0.2) is 11.4 Å². The number of aromatic nitrogens is 3. The van der Waals surface area contributed by atoms with Crippen LogP contribution < -0.4 is 0 Å². The van der Waals surface area contributed by atoms with Gasteiger partial charge in [0, 0.05) is 24.0 Å². The molecule has 4 rings (SSSR count). The molecule has 0 aliphatic rings. The maximum absolute atomic E-state index is 5.79. The van der Waals surface area contributed by atoms with Gasteiger partial charge >= 0.3 is 0 Å². The molecule has 0 aliphatic carbocycles. The molecule has 0 atom stereocenters. The number of imidazole rings is 1. The number of para-hydroxylation sites is 1. The highest BCUT2D eigenvalue weighted by molar-refractivity contribution is 5.82. The third-order valence-electron chi connectivity index (χ3n) is 2.94. The lowest BCUT2D eigenvalue weighted by atomic mass is 10.2. The van der Waals surface area contributed by atoms with Gasteiger partial charge in [-0.15, -0.1) is 0 Å². The predicted octanol–water partition coefficient (Wildman–Crippen LogP) is 3.14. The number of fused-ring (bicyclic) bond motifs is 2. The third-order valence-corrected chi connectivity index (χ3v) is 2.94. The van der Waals surface area contributed by atoms with Crippen LogP contribution in [0.2, 0.25) is 0 Å². The van der Waals surface area contributed by atoms with Gasteiger partial charge in [-0.05, 0) is 12.1 Å². The highest BCUT2D eigenvalue weighted by atomic mass is 16.3. The quantitative estimate of drug-likeness (QED) is 0.509. The Balaban J connectivity index is 1.95. The molecule has 0 saturated heterocycles. The van der Waals surface area contributed by atoms with Gasteiger partial charge in [0.25, 0.3) is 0 Å². The van der Waals surface area contributed by atoms with E-state index in [1.807, 2.05) is 47.1 Å². The summed E-state index contributed by atoms with van der Waals surface area (Å²) in [5, 5.41) is 1.09. The van der Waals surface area contributed by atoms with Crippen LogP contribution in [0.25, 0.3) is 28.1 Å². The van der Waals surface area contributed by atoms with E-state index >= 15 is 0 Å². The van der Waals surface area contributed by atoms with E-state index in [2.05, 4.69) is 9.97 Å². The Hall–Kier alpha value is -2.62. The Labute approximate surface area is 103 Å². The fourth-order valence-electron chi connectivity index (χ4n) is 2.07. The smallest absolute Gasteiger partial charge is 0.156 e. The molecule has 4 heteroatoms. The summed E-state index contributed by atoms with van der Waals surface area (Å²) in [6.45, 7) is 0. The van der Waals surface area contributed by atoms with Crippen LogP contribution >= 0.6 is 0 Å². The van der Waals surface area contributed by atoms with Gasteiger partial charge in [-0.2, -0.15) is 0 Å². The molecule has 4 nitrogen and oxygen atoms in total. The van der Waals surface area contributed by atoms with Crippen molar-refractivity contribution < 1.29 is 4.42 Å². The second-order valence-corrected chi connectivity index (χ2v) is 4.12. The topological polar surface area (TPSA) is 43.3 Å². The highest BCUT2D eigenvalue weighted by Crippen LogP contribution is 2.26. The fraction of sp³-hybridized carbons (Fsp3) is 0. The molecule has 4 aromatic rings. The summed E-state index contributed by atoms with van der Waals surface area (Å²) >= 11 is 0. The molecule has 18 heavy (non-hydrogen) atoms. The van der Waals surface area contributed by atoms with Crippen LogP contribution in [0.5, 0.6) is 0 Å². The number of hydrogen-bond acceptors (Lipinski definition) is 3. The standard InChI is InChI=1S/C14H9N3O/c1-2-4-12-10(3-1)7-13(18-12)11-9-17-6-5-15-8-14(17)16-11/h1-9H. The second-order valence-electron chi connectivity index (χ2n) is 4.12. The normalized spacial score (nSPS) is 11.3. The largest absolute Gasteiger partial charge is 0.454 e. The Morgan fingerprint density at radius 1 is 1.17 bits per heavy atom. The van der Waals surface area contributed by atoms with E-state index in [9.17, 15) is 0 Å². The number of furan rings is 1. The van der Waals surface area contributed by atoms with Crippen molar-refractivity contribution in [2.75, 3.05) is 0 Å². The van der Waals surface area contributed by atoms with Gasteiger partial charge in [-0.1, -0.05) is 18.2 Å². The summed E-state index contributed by atoms with van der Waals surface area (Å²) in [7, 11) is 0. The maximum atomic E-state index is 5.79. The van der Waals surface area contributed by atoms with E-state index in [0.29, 0.717) is 0 Å². The molecule has 0 bridgehead atoms. The number of hydrogen-bond donors (Lipinski definition) is 0. The van der Waals surface area contributed by atoms with E-state index < -0.39 is 0 Å². The van der Waals surface area contributed by atoms with Crippen molar-refractivity contribution in [1.29, 1.82) is 0 Å². The lowest BCUT2D eigenvalue weighted by Gasteiger charge is -1.86. The SMILES string of the molecule is c1ccc2oc(-c3cn4ccncc4n3)cc2c1. The van der Waals surface area contributed by atoms with E-state index in [1.54, 1.807) is 12.4 Å². The van der Waals surface area contributed by atoms with E-state index in [4.69, 9.17) is 4.42 Å². The zero-order chi connectivity index (χ0) is 11.9. The predicted molar refractivity (Wildman–Crippen MR) is 68.2 cm³/mol. The molecule has 86 valence electrons. The van der Waals surface area contributed by atoms with Crippen LogP contribution in [0.3, 0.4) is 0 Å². The molecule has 0 amide bonds. The summed E-state index contributed by atoms with van der Waals surface area (Å²) in [5.41, 5.74) is 2.51. The van der Waals surface area contributed by atoms with Gasteiger partial charge in [0.2, 0.25) is 0 Å². The fourth-order valence-corrected chi connectivity index (χ4v) is 2.07. The molecular weight excluding hydrogens is 226 g/mol. The highest BCUT2D eigenvalue weighted by Gasteiger charge is 2.09. The monoisotopic (exact) mass is 235 g/mol. The molecule has 0 saturated carbocycles. The summed E-state index contributed by atoms with van der Waals surface area (Å²) in [6.07, 6.45) is 7.27. The summed E-state index contributed by atoms with van der Waals surface area (Å²) in [5.74, 6) is 0.778. The van der Waals surface area contributed by atoms with Gasteiger partial charge in [0.1, 0.15) is 11.3 Å². The average molecular weight is 235 g/mol. The first-order chi connectivity index (χ1) is 8.90. The first-order valence-corrected chi connectivity index (χ1v) is 5.68. The van der Waals surface area contributed by atoms with E-state index in [1.165, 1.54) is 0 Å². The molecule has 0 N–H and O–H groups in total. The Morgan fingerprint density at radius 2 is 2.11 bits per heavy atom. The zero-order valence-electron chi connectivity index (χ0n) is 9.45. The van der Waals surface area contributed by atoms with Crippen LogP contribution in [0.15, 0.2) is 59.5 Å². The summed E-state index contributed by atoms with van der Waals surface area (Å²) in [6, 6.07) is 9.94. The van der Waals surface area contributed by atoms with Crippen molar-refractivity contribution in [2.24, 2.45) is 0 Å². The average Bonchev–Trinajstić information content (AvgIpc) is 3.02. The Morgan fingerprint density at radius 3 is 3.00 bits per heavy atom. The number of benzene rings is 1. The molecule has 3 aromatic heterocycles. The molecule has 0 radical (unpaired) electrons. The van der Waals surface area contributed by atoms with Crippen LogP contribution in [-0.2, 0) is 0 Å². The zero-order valence-corrected chi connectivity index (χ0v) is 9.45. The minimum Gasteiger partial charge on any atom is -0.454 e. The lowest BCUT2D eigenvalue weighted by molar-refractivity contribution is 0.629. The lowest BCUT2D eigenvalue weighted by Crippen LogP contribution is -1.81. The molecule has 0 unspecified atom stereocenters. The molecule has 1 aromatic carbocycles. The van der Waals surface area contributed by atoms with Crippen LogP contribution in [-0.4, -0.2) is 14.4 Å². The first-order valence-electron chi connectivity index (χ1n) is 5.68. The minimum atomic E-state index is 0.778.